The van der Waals surface area contributed by atoms with Crippen LogP contribution in [0.15, 0.2) is 41.3 Å². The molecule has 1 amide bonds. The molecule has 1 atom stereocenters. The fraction of sp³-hybridized carbons (Fsp3) is 0.150. The quantitative estimate of drug-likeness (QED) is 0.418. The lowest BCUT2D eigenvalue weighted by Gasteiger charge is -2.14. The van der Waals surface area contributed by atoms with Crippen molar-refractivity contribution in [1.29, 1.82) is 0 Å². The van der Waals surface area contributed by atoms with Crippen LogP contribution in [-0.4, -0.2) is 42.7 Å². The van der Waals surface area contributed by atoms with Crippen LogP contribution in [0.2, 0.25) is 5.02 Å². The number of pyridine rings is 2. The minimum absolute atomic E-state index is 0.00163. The van der Waals surface area contributed by atoms with Crippen LogP contribution >= 0.6 is 22.9 Å². The average Bonchev–Trinajstić information content (AvgIpc) is 3.12. The third-order valence-electron chi connectivity index (χ3n) is 4.63. The summed E-state index contributed by atoms with van der Waals surface area (Å²) < 4.78 is 2.10. The molecule has 0 aliphatic heterocycles. The number of thiazole rings is 1. The van der Waals surface area contributed by atoms with E-state index < -0.39 is 34.8 Å². The Kier molecular flexibility index (Phi) is 5.34. The SMILES string of the molecule is C[C@H](NC(=O)c1c(O)c2cccnc2n(Cc2nc3cc(Cl)ccc3s2)c1=O)C(=O)O. The number of carboxylic acid groups (broad SMARTS) is 1. The topological polar surface area (TPSA) is 134 Å². The molecule has 0 saturated heterocycles. The molecule has 158 valence electrons. The Balaban J connectivity index is 1.86. The van der Waals surface area contributed by atoms with Gasteiger partial charge in [0.05, 0.1) is 22.1 Å². The van der Waals surface area contributed by atoms with Crippen molar-refractivity contribution in [2.24, 2.45) is 0 Å². The number of aromatic hydroxyl groups is 1. The van der Waals surface area contributed by atoms with E-state index in [0.29, 0.717) is 15.5 Å². The highest BCUT2D eigenvalue weighted by molar-refractivity contribution is 7.18. The summed E-state index contributed by atoms with van der Waals surface area (Å²) in [7, 11) is 0. The number of carbonyl (C=O) groups is 2. The smallest absolute Gasteiger partial charge is 0.325 e. The molecule has 3 heterocycles. The van der Waals surface area contributed by atoms with Gasteiger partial charge in [-0.25, -0.2) is 9.97 Å². The molecule has 1 aromatic carbocycles. The van der Waals surface area contributed by atoms with Crippen LogP contribution in [0.1, 0.15) is 22.3 Å². The summed E-state index contributed by atoms with van der Waals surface area (Å²) in [6, 6.07) is 7.08. The summed E-state index contributed by atoms with van der Waals surface area (Å²) in [6.45, 7) is 1.25. The number of carboxylic acids is 1. The van der Waals surface area contributed by atoms with Crippen LogP contribution in [0.25, 0.3) is 21.3 Å². The monoisotopic (exact) mass is 458 g/mol. The van der Waals surface area contributed by atoms with Gasteiger partial charge in [0.15, 0.2) is 0 Å². The first-order valence-corrected chi connectivity index (χ1v) is 10.2. The predicted molar refractivity (Wildman–Crippen MR) is 116 cm³/mol. The molecular formula is C20H15ClN4O5S. The Morgan fingerprint density at radius 2 is 2.10 bits per heavy atom. The van der Waals surface area contributed by atoms with Gasteiger partial charge in [0.1, 0.15) is 28.0 Å². The fourth-order valence-electron chi connectivity index (χ4n) is 3.10. The van der Waals surface area contributed by atoms with Gasteiger partial charge in [0, 0.05) is 11.2 Å². The van der Waals surface area contributed by atoms with Crippen molar-refractivity contribution < 1.29 is 19.8 Å². The van der Waals surface area contributed by atoms with Crippen LogP contribution in [0, 0.1) is 0 Å². The highest BCUT2D eigenvalue weighted by Gasteiger charge is 2.25. The Hall–Kier alpha value is -3.50. The first-order chi connectivity index (χ1) is 14.8. The number of rotatable bonds is 5. The first-order valence-electron chi connectivity index (χ1n) is 9.05. The van der Waals surface area contributed by atoms with Gasteiger partial charge in [0.2, 0.25) is 0 Å². The lowest BCUT2D eigenvalue weighted by Crippen LogP contribution is -2.41. The van der Waals surface area contributed by atoms with E-state index in [1.807, 2.05) is 6.07 Å². The summed E-state index contributed by atoms with van der Waals surface area (Å²) >= 11 is 7.37. The molecule has 4 rings (SSSR count). The van der Waals surface area contributed by atoms with E-state index in [9.17, 15) is 19.5 Å². The van der Waals surface area contributed by atoms with Crippen molar-refractivity contribution >= 4 is 56.1 Å². The Morgan fingerprint density at radius 1 is 1.32 bits per heavy atom. The second kappa shape index (κ2) is 7.97. The standard InChI is InChI=1S/C20H15ClN4O5S/c1-9(20(29)30)23-18(27)15-16(26)11-3-2-6-22-17(11)25(19(15)28)8-14-24-12-7-10(21)4-5-13(12)31-14/h2-7,9,26H,8H2,1H3,(H,23,27)(H,29,30)/t9-/m0/s1. The van der Waals surface area contributed by atoms with Crippen molar-refractivity contribution in [3.63, 3.8) is 0 Å². The van der Waals surface area contributed by atoms with Crippen molar-refractivity contribution in [2.45, 2.75) is 19.5 Å². The molecule has 3 aromatic heterocycles. The summed E-state index contributed by atoms with van der Waals surface area (Å²) in [6.07, 6.45) is 1.46. The van der Waals surface area contributed by atoms with E-state index in [4.69, 9.17) is 16.7 Å². The van der Waals surface area contributed by atoms with Gasteiger partial charge in [-0.2, -0.15) is 0 Å². The Morgan fingerprint density at radius 3 is 2.84 bits per heavy atom. The number of carbonyl (C=O) groups excluding carboxylic acids is 1. The maximum Gasteiger partial charge on any atom is 0.325 e. The average molecular weight is 459 g/mol. The first kappa shape index (κ1) is 20.8. The van der Waals surface area contributed by atoms with Crippen LogP contribution in [0.5, 0.6) is 5.75 Å². The number of halogens is 1. The minimum atomic E-state index is -1.27. The molecule has 0 saturated carbocycles. The van der Waals surface area contributed by atoms with Crippen molar-refractivity contribution in [2.75, 3.05) is 0 Å². The number of aliphatic carboxylic acids is 1. The predicted octanol–water partition coefficient (Wildman–Crippen LogP) is 2.62. The van der Waals surface area contributed by atoms with Crippen molar-refractivity contribution in [3.05, 3.63) is 62.5 Å². The molecule has 0 spiro atoms. The van der Waals surface area contributed by atoms with E-state index in [2.05, 4.69) is 15.3 Å². The van der Waals surface area contributed by atoms with E-state index in [-0.39, 0.29) is 17.6 Å². The zero-order valence-electron chi connectivity index (χ0n) is 16.0. The fourth-order valence-corrected chi connectivity index (χ4v) is 4.20. The molecule has 0 fully saturated rings. The highest BCUT2D eigenvalue weighted by Crippen LogP contribution is 2.28. The van der Waals surface area contributed by atoms with Crippen LogP contribution in [0.3, 0.4) is 0 Å². The number of benzene rings is 1. The summed E-state index contributed by atoms with van der Waals surface area (Å²) in [5.41, 5.74) is -0.524. The van der Waals surface area contributed by atoms with Gasteiger partial charge in [0.25, 0.3) is 11.5 Å². The Labute approximate surface area is 183 Å². The van der Waals surface area contributed by atoms with E-state index in [0.717, 1.165) is 4.70 Å². The maximum absolute atomic E-state index is 13.2. The number of nitrogens with one attached hydrogen (secondary N) is 1. The number of hydrogen-bond donors (Lipinski definition) is 3. The van der Waals surface area contributed by atoms with Gasteiger partial charge in [-0.15, -0.1) is 11.3 Å². The summed E-state index contributed by atoms with van der Waals surface area (Å²) in [5, 5.41) is 23.1. The molecule has 9 nitrogen and oxygen atoms in total. The van der Waals surface area contributed by atoms with E-state index in [1.165, 1.54) is 35.1 Å². The van der Waals surface area contributed by atoms with Crippen LogP contribution in [-0.2, 0) is 11.3 Å². The van der Waals surface area contributed by atoms with Crippen LogP contribution in [0.4, 0.5) is 0 Å². The van der Waals surface area contributed by atoms with E-state index in [1.54, 1.807) is 18.2 Å². The minimum Gasteiger partial charge on any atom is -0.506 e. The molecule has 3 N–H and O–H groups in total. The lowest BCUT2D eigenvalue weighted by atomic mass is 10.1. The van der Waals surface area contributed by atoms with Gasteiger partial charge >= 0.3 is 5.97 Å². The second-order valence-electron chi connectivity index (χ2n) is 6.74. The molecule has 31 heavy (non-hydrogen) atoms. The molecule has 4 aromatic rings. The second-order valence-corrected chi connectivity index (χ2v) is 8.29. The summed E-state index contributed by atoms with van der Waals surface area (Å²) in [5.74, 6) is -2.83. The van der Waals surface area contributed by atoms with Gasteiger partial charge in [-0.3, -0.25) is 19.0 Å². The third kappa shape index (κ3) is 3.82. The highest BCUT2D eigenvalue weighted by atomic mass is 35.5. The molecule has 0 bridgehead atoms. The number of nitrogens with zero attached hydrogens (tertiary/aromatic N) is 3. The molecule has 0 aliphatic rings. The molecular weight excluding hydrogens is 444 g/mol. The van der Waals surface area contributed by atoms with Gasteiger partial charge in [-0.05, 0) is 37.3 Å². The van der Waals surface area contributed by atoms with Crippen molar-refractivity contribution in [3.8, 4) is 5.75 Å². The summed E-state index contributed by atoms with van der Waals surface area (Å²) in [4.78, 5) is 45.6. The molecule has 11 heteroatoms. The zero-order valence-corrected chi connectivity index (χ0v) is 17.6. The normalized spacial score (nSPS) is 12.2. The number of hydrogen-bond acceptors (Lipinski definition) is 7. The van der Waals surface area contributed by atoms with Crippen molar-refractivity contribution in [1.82, 2.24) is 19.9 Å². The van der Waals surface area contributed by atoms with Gasteiger partial charge in [-0.1, -0.05) is 11.6 Å². The molecule has 0 unspecified atom stereocenters. The maximum atomic E-state index is 13.2. The van der Waals surface area contributed by atoms with Gasteiger partial charge < -0.3 is 15.5 Å². The zero-order chi connectivity index (χ0) is 22.3. The number of amides is 1. The van der Waals surface area contributed by atoms with E-state index >= 15 is 0 Å². The number of fused-ring (bicyclic) bond motifs is 2. The molecule has 0 radical (unpaired) electrons. The Bertz CT molecular complexity index is 1410. The third-order valence-corrected chi connectivity index (χ3v) is 5.88. The number of aromatic nitrogens is 3. The molecule has 0 aliphatic carbocycles. The largest absolute Gasteiger partial charge is 0.506 e. The van der Waals surface area contributed by atoms with Crippen LogP contribution < -0.4 is 10.9 Å². The lowest BCUT2D eigenvalue weighted by molar-refractivity contribution is -0.138.